The summed E-state index contributed by atoms with van der Waals surface area (Å²) in [5, 5.41) is 17.6. The van der Waals surface area contributed by atoms with Crippen LogP contribution in [0, 0.1) is 0 Å². The fourth-order valence-electron chi connectivity index (χ4n) is 1.33. The summed E-state index contributed by atoms with van der Waals surface area (Å²) in [6.45, 7) is 1.04. The van der Waals surface area contributed by atoms with Crippen molar-refractivity contribution < 1.29 is 29.2 Å². The van der Waals surface area contributed by atoms with Crippen molar-refractivity contribution in [3.8, 4) is 0 Å². The molecule has 1 fully saturated rings. The highest BCUT2D eigenvalue weighted by Crippen LogP contribution is 2.20. The fraction of sp³-hybridized carbons (Fsp3) is 0.875. The van der Waals surface area contributed by atoms with Crippen LogP contribution in [0.4, 0.5) is 4.79 Å². The van der Waals surface area contributed by atoms with Crippen LogP contribution in [0.15, 0.2) is 0 Å². The zero-order valence-corrected chi connectivity index (χ0v) is 7.88. The molecular weight excluding hydrogens is 192 g/mol. The van der Waals surface area contributed by atoms with Gasteiger partial charge in [0.1, 0.15) is 12.7 Å². The first-order chi connectivity index (χ1) is 6.63. The molecule has 0 aromatic rings. The van der Waals surface area contributed by atoms with Gasteiger partial charge >= 0.3 is 6.16 Å². The Hall–Kier alpha value is -0.850. The molecule has 0 bridgehead atoms. The Morgan fingerprint density at radius 3 is 2.79 bits per heavy atom. The van der Waals surface area contributed by atoms with Gasteiger partial charge in [0, 0.05) is 6.42 Å². The van der Waals surface area contributed by atoms with E-state index in [1.54, 1.807) is 0 Å². The van der Waals surface area contributed by atoms with Gasteiger partial charge in [-0.2, -0.15) is 0 Å². The van der Waals surface area contributed by atoms with Crippen LogP contribution in [0.25, 0.3) is 0 Å². The molecule has 1 saturated heterocycles. The Labute approximate surface area is 81.4 Å². The van der Waals surface area contributed by atoms with E-state index < -0.39 is 25.2 Å². The Bertz CT molecular complexity index is 194. The highest BCUT2D eigenvalue weighted by Gasteiger charge is 2.32. The number of aliphatic hydroxyl groups excluding tert-OH is 2. The van der Waals surface area contributed by atoms with E-state index in [9.17, 15) is 9.90 Å². The molecule has 6 heteroatoms. The van der Waals surface area contributed by atoms with E-state index in [0.717, 1.165) is 0 Å². The summed E-state index contributed by atoms with van der Waals surface area (Å²) in [6, 6.07) is 0. The van der Waals surface area contributed by atoms with Gasteiger partial charge in [0.25, 0.3) is 0 Å². The first-order valence-electron chi connectivity index (χ1n) is 4.37. The first kappa shape index (κ1) is 11.2. The zero-order valence-electron chi connectivity index (χ0n) is 7.88. The molecule has 1 rings (SSSR count). The maximum Gasteiger partial charge on any atom is 0.510 e. The minimum absolute atomic E-state index is 0.0348. The van der Waals surface area contributed by atoms with Gasteiger partial charge in [-0.25, -0.2) is 4.79 Å². The molecule has 0 radical (unpaired) electrons. The number of aliphatic hydroxyl groups is 2. The number of hydrogen-bond donors (Lipinski definition) is 2. The van der Waals surface area contributed by atoms with Gasteiger partial charge < -0.3 is 24.4 Å². The van der Waals surface area contributed by atoms with Crippen molar-refractivity contribution in [2.24, 2.45) is 0 Å². The maximum absolute atomic E-state index is 10.6. The molecule has 2 N–H and O–H groups in total. The van der Waals surface area contributed by atoms with E-state index in [1.807, 2.05) is 6.92 Å². The average Bonchev–Trinajstić information content (AvgIpc) is 2.42. The van der Waals surface area contributed by atoms with E-state index in [0.29, 0.717) is 6.42 Å². The molecule has 82 valence electrons. The number of rotatable bonds is 3. The SMILES string of the molecule is C[C@H]1C[C@@H](O)[C@@H](COC(=O)OCO)O1. The number of hydrogen-bond acceptors (Lipinski definition) is 6. The van der Waals surface area contributed by atoms with Crippen LogP contribution in [-0.4, -0.2) is 48.1 Å². The molecule has 0 aliphatic carbocycles. The molecule has 14 heavy (non-hydrogen) atoms. The summed E-state index contributed by atoms with van der Waals surface area (Å²) >= 11 is 0. The minimum Gasteiger partial charge on any atom is -0.431 e. The lowest BCUT2D eigenvalue weighted by Crippen LogP contribution is -2.28. The molecule has 1 aliphatic heterocycles. The Balaban J connectivity index is 2.21. The minimum atomic E-state index is -0.970. The second-order valence-electron chi connectivity index (χ2n) is 3.12. The van der Waals surface area contributed by atoms with Gasteiger partial charge in [-0.05, 0) is 6.92 Å². The molecule has 1 aliphatic rings. The summed E-state index contributed by atoms with van der Waals surface area (Å²) in [7, 11) is 0. The van der Waals surface area contributed by atoms with E-state index in [-0.39, 0.29) is 12.7 Å². The van der Waals surface area contributed by atoms with Crippen LogP contribution in [0.2, 0.25) is 0 Å². The van der Waals surface area contributed by atoms with E-state index >= 15 is 0 Å². The Morgan fingerprint density at radius 2 is 2.29 bits per heavy atom. The van der Waals surface area contributed by atoms with Crippen LogP contribution in [-0.2, 0) is 14.2 Å². The van der Waals surface area contributed by atoms with E-state index in [1.165, 1.54) is 0 Å². The molecule has 1 heterocycles. The van der Waals surface area contributed by atoms with Crippen molar-refractivity contribution in [2.45, 2.75) is 31.7 Å². The fourth-order valence-corrected chi connectivity index (χ4v) is 1.33. The number of carbonyl (C=O) groups is 1. The number of carbonyl (C=O) groups excluding carboxylic acids is 1. The zero-order chi connectivity index (χ0) is 10.6. The van der Waals surface area contributed by atoms with Crippen LogP contribution in [0.5, 0.6) is 0 Å². The molecule has 0 spiro atoms. The predicted octanol–water partition coefficient (Wildman–Crippen LogP) is -0.372. The summed E-state index contributed by atoms with van der Waals surface area (Å²) in [5.74, 6) is 0. The summed E-state index contributed by atoms with van der Waals surface area (Å²) in [5.41, 5.74) is 0. The van der Waals surface area contributed by atoms with Crippen molar-refractivity contribution in [3.05, 3.63) is 0 Å². The van der Waals surface area contributed by atoms with Gasteiger partial charge in [-0.15, -0.1) is 0 Å². The molecular formula is C8H14O6. The molecule has 0 aromatic carbocycles. The lowest BCUT2D eigenvalue weighted by atomic mass is 10.1. The normalized spacial score (nSPS) is 31.5. The second-order valence-corrected chi connectivity index (χ2v) is 3.12. The van der Waals surface area contributed by atoms with Crippen molar-refractivity contribution in [2.75, 3.05) is 13.4 Å². The van der Waals surface area contributed by atoms with Crippen LogP contribution < -0.4 is 0 Å². The maximum atomic E-state index is 10.6. The van der Waals surface area contributed by atoms with Crippen LogP contribution >= 0.6 is 0 Å². The lowest BCUT2D eigenvalue weighted by Gasteiger charge is -2.13. The Morgan fingerprint density at radius 1 is 1.57 bits per heavy atom. The van der Waals surface area contributed by atoms with Gasteiger partial charge in [0.2, 0.25) is 0 Å². The summed E-state index contributed by atoms with van der Waals surface area (Å²) in [6.07, 6.45) is -1.60. The first-order valence-corrected chi connectivity index (χ1v) is 4.37. The van der Waals surface area contributed by atoms with Crippen LogP contribution in [0.1, 0.15) is 13.3 Å². The van der Waals surface area contributed by atoms with Gasteiger partial charge in [-0.1, -0.05) is 0 Å². The van der Waals surface area contributed by atoms with Gasteiger partial charge in [0.05, 0.1) is 12.2 Å². The second kappa shape index (κ2) is 5.14. The van der Waals surface area contributed by atoms with Crippen molar-refractivity contribution in [3.63, 3.8) is 0 Å². The quantitative estimate of drug-likeness (QED) is 0.484. The topological polar surface area (TPSA) is 85.2 Å². The third-order valence-electron chi connectivity index (χ3n) is 1.96. The lowest BCUT2D eigenvalue weighted by molar-refractivity contribution is -0.0515. The van der Waals surface area contributed by atoms with Crippen molar-refractivity contribution in [1.82, 2.24) is 0 Å². The summed E-state index contributed by atoms with van der Waals surface area (Å²) in [4.78, 5) is 10.6. The summed E-state index contributed by atoms with van der Waals surface area (Å²) < 4.78 is 14.0. The monoisotopic (exact) mass is 206 g/mol. The van der Waals surface area contributed by atoms with Crippen molar-refractivity contribution in [1.29, 1.82) is 0 Å². The highest BCUT2D eigenvalue weighted by molar-refractivity contribution is 5.59. The number of ether oxygens (including phenoxy) is 3. The molecule has 0 saturated carbocycles. The molecule has 0 unspecified atom stereocenters. The van der Waals surface area contributed by atoms with Crippen LogP contribution in [0.3, 0.4) is 0 Å². The Kier molecular flexibility index (Phi) is 4.12. The highest BCUT2D eigenvalue weighted by atomic mass is 16.8. The van der Waals surface area contributed by atoms with Gasteiger partial charge in [-0.3, -0.25) is 0 Å². The van der Waals surface area contributed by atoms with Crippen molar-refractivity contribution >= 4 is 6.16 Å². The molecule has 0 aromatic heterocycles. The van der Waals surface area contributed by atoms with E-state index in [4.69, 9.17) is 9.84 Å². The molecule has 0 amide bonds. The standard InChI is InChI=1S/C8H14O6/c1-5-2-6(10)7(14-5)3-12-8(11)13-4-9/h5-7,9-10H,2-4H2,1H3/t5-,6+,7+/m0/s1. The third-order valence-corrected chi connectivity index (χ3v) is 1.96. The predicted molar refractivity (Wildman–Crippen MR) is 44.5 cm³/mol. The molecule has 3 atom stereocenters. The van der Waals surface area contributed by atoms with Gasteiger partial charge in [0.15, 0.2) is 6.79 Å². The average molecular weight is 206 g/mol. The smallest absolute Gasteiger partial charge is 0.431 e. The molecule has 6 nitrogen and oxygen atoms in total. The largest absolute Gasteiger partial charge is 0.510 e. The van der Waals surface area contributed by atoms with E-state index in [2.05, 4.69) is 9.47 Å². The third kappa shape index (κ3) is 3.13.